The minimum absolute atomic E-state index is 0.0533. The number of carbonyl (C=O) groups excluding carboxylic acids is 1. The van der Waals surface area contributed by atoms with Gasteiger partial charge in [-0.05, 0) is 49.7 Å². The van der Waals surface area contributed by atoms with Crippen molar-refractivity contribution in [3.8, 4) is 5.75 Å². The second-order valence-electron chi connectivity index (χ2n) is 6.46. The third-order valence-corrected chi connectivity index (χ3v) is 5.47. The summed E-state index contributed by atoms with van der Waals surface area (Å²) in [5.41, 5.74) is 2.76. The standard InChI is InChI=1S/C24H25NO2S/c1-3-27-23-15-14-20(16-21(23)17-28-22-12-8-5-9-13-22)24(26)25-18(2)19-10-6-4-7-11-19/h4-16,18H,3,17H2,1-2H3,(H,25,26). The van der Waals surface area contributed by atoms with Gasteiger partial charge in [-0.15, -0.1) is 11.8 Å². The Hall–Kier alpha value is -2.72. The molecule has 0 saturated heterocycles. The number of amides is 1. The average Bonchev–Trinajstić information content (AvgIpc) is 2.74. The number of carbonyl (C=O) groups is 1. The number of thioether (sulfide) groups is 1. The van der Waals surface area contributed by atoms with Gasteiger partial charge >= 0.3 is 0 Å². The molecule has 28 heavy (non-hydrogen) atoms. The first kappa shape index (κ1) is 20.0. The molecule has 0 heterocycles. The van der Waals surface area contributed by atoms with E-state index in [0.717, 1.165) is 22.6 Å². The van der Waals surface area contributed by atoms with Crippen LogP contribution in [0.4, 0.5) is 0 Å². The Morgan fingerprint density at radius 1 is 1.00 bits per heavy atom. The normalized spacial score (nSPS) is 11.6. The van der Waals surface area contributed by atoms with Crippen LogP contribution in [0.15, 0.2) is 83.8 Å². The van der Waals surface area contributed by atoms with Crippen LogP contribution in [0.1, 0.15) is 41.4 Å². The molecule has 3 aromatic rings. The van der Waals surface area contributed by atoms with E-state index in [9.17, 15) is 4.79 Å². The maximum absolute atomic E-state index is 12.8. The van der Waals surface area contributed by atoms with E-state index in [0.29, 0.717) is 12.2 Å². The fourth-order valence-corrected chi connectivity index (χ4v) is 3.81. The van der Waals surface area contributed by atoms with E-state index in [4.69, 9.17) is 4.74 Å². The number of hydrogen-bond acceptors (Lipinski definition) is 3. The summed E-state index contributed by atoms with van der Waals surface area (Å²) in [6.45, 7) is 4.56. The number of hydrogen-bond donors (Lipinski definition) is 1. The zero-order valence-electron chi connectivity index (χ0n) is 16.2. The maximum atomic E-state index is 12.8. The van der Waals surface area contributed by atoms with Crippen molar-refractivity contribution in [1.82, 2.24) is 5.32 Å². The monoisotopic (exact) mass is 391 g/mol. The van der Waals surface area contributed by atoms with Crippen LogP contribution < -0.4 is 10.1 Å². The molecule has 3 aromatic carbocycles. The quantitative estimate of drug-likeness (QED) is 0.488. The number of benzene rings is 3. The predicted molar refractivity (Wildman–Crippen MR) is 116 cm³/mol. The van der Waals surface area contributed by atoms with Crippen LogP contribution in [-0.2, 0) is 5.75 Å². The molecule has 0 aliphatic rings. The lowest BCUT2D eigenvalue weighted by atomic mass is 10.1. The lowest BCUT2D eigenvalue weighted by molar-refractivity contribution is 0.0939. The Balaban J connectivity index is 1.74. The highest BCUT2D eigenvalue weighted by Gasteiger charge is 2.14. The first-order chi connectivity index (χ1) is 13.7. The van der Waals surface area contributed by atoms with E-state index < -0.39 is 0 Å². The van der Waals surface area contributed by atoms with E-state index >= 15 is 0 Å². The molecule has 0 bridgehead atoms. The molecule has 0 aliphatic heterocycles. The summed E-state index contributed by atoms with van der Waals surface area (Å²) in [4.78, 5) is 14.0. The van der Waals surface area contributed by atoms with Crippen molar-refractivity contribution in [2.45, 2.75) is 30.5 Å². The van der Waals surface area contributed by atoms with E-state index in [1.807, 2.05) is 80.6 Å². The summed E-state index contributed by atoms with van der Waals surface area (Å²) < 4.78 is 5.77. The summed E-state index contributed by atoms with van der Waals surface area (Å²) in [6, 6.07) is 25.8. The summed E-state index contributed by atoms with van der Waals surface area (Å²) >= 11 is 1.73. The largest absolute Gasteiger partial charge is 0.494 e. The summed E-state index contributed by atoms with van der Waals surface area (Å²) in [5, 5.41) is 3.08. The molecular weight excluding hydrogens is 366 g/mol. The number of rotatable bonds is 8. The molecule has 0 saturated carbocycles. The van der Waals surface area contributed by atoms with Gasteiger partial charge in [-0.3, -0.25) is 4.79 Å². The van der Waals surface area contributed by atoms with Gasteiger partial charge in [-0.25, -0.2) is 0 Å². The lowest BCUT2D eigenvalue weighted by Gasteiger charge is -2.16. The summed E-state index contributed by atoms with van der Waals surface area (Å²) in [5.74, 6) is 1.50. The van der Waals surface area contributed by atoms with Crippen LogP contribution in [0.25, 0.3) is 0 Å². The molecule has 0 spiro atoms. The topological polar surface area (TPSA) is 38.3 Å². The van der Waals surface area contributed by atoms with Crippen molar-refractivity contribution in [2.24, 2.45) is 0 Å². The van der Waals surface area contributed by atoms with Crippen molar-refractivity contribution >= 4 is 17.7 Å². The molecule has 0 aromatic heterocycles. The zero-order valence-corrected chi connectivity index (χ0v) is 17.0. The minimum atomic E-state index is -0.0784. The molecular formula is C24H25NO2S. The number of ether oxygens (including phenoxy) is 1. The molecule has 4 heteroatoms. The highest BCUT2D eigenvalue weighted by atomic mass is 32.2. The van der Waals surface area contributed by atoms with Gasteiger partial charge in [0, 0.05) is 21.8 Å². The third kappa shape index (κ3) is 5.40. The van der Waals surface area contributed by atoms with Gasteiger partial charge in [0.15, 0.2) is 0 Å². The second-order valence-corrected chi connectivity index (χ2v) is 7.51. The van der Waals surface area contributed by atoms with E-state index in [2.05, 4.69) is 17.4 Å². The number of nitrogens with one attached hydrogen (secondary N) is 1. The average molecular weight is 392 g/mol. The van der Waals surface area contributed by atoms with Gasteiger partial charge in [0.1, 0.15) is 5.75 Å². The van der Waals surface area contributed by atoms with Crippen LogP contribution in [0.3, 0.4) is 0 Å². The summed E-state index contributed by atoms with van der Waals surface area (Å²) in [6.07, 6.45) is 0. The predicted octanol–water partition coefficient (Wildman–Crippen LogP) is 5.87. The van der Waals surface area contributed by atoms with E-state index in [-0.39, 0.29) is 11.9 Å². The van der Waals surface area contributed by atoms with Crippen LogP contribution >= 0.6 is 11.8 Å². The molecule has 1 N–H and O–H groups in total. The minimum Gasteiger partial charge on any atom is -0.494 e. The zero-order chi connectivity index (χ0) is 19.8. The van der Waals surface area contributed by atoms with Gasteiger partial charge < -0.3 is 10.1 Å². The van der Waals surface area contributed by atoms with Crippen molar-refractivity contribution in [1.29, 1.82) is 0 Å². The Kier molecular flexibility index (Phi) is 7.15. The fourth-order valence-electron chi connectivity index (χ4n) is 2.91. The molecule has 144 valence electrons. The van der Waals surface area contributed by atoms with Gasteiger partial charge in [-0.1, -0.05) is 48.5 Å². The van der Waals surface area contributed by atoms with E-state index in [1.54, 1.807) is 11.8 Å². The first-order valence-corrected chi connectivity index (χ1v) is 10.5. The Morgan fingerprint density at radius 2 is 1.68 bits per heavy atom. The highest BCUT2D eigenvalue weighted by molar-refractivity contribution is 7.98. The van der Waals surface area contributed by atoms with Crippen LogP contribution in [0, 0.1) is 0 Å². The molecule has 0 radical (unpaired) electrons. The summed E-state index contributed by atoms with van der Waals surface area (Å²) in [7, 11) is 0. The van der Waals surface area contributed by atoms with Crippen LogP contribution in [-0.4, -0.2) is 12.5 Å². The Morgan fingerprint density at radius 3 is 2.36 bits per heavy atom. The lowest BCUT2D eigenvalue weighted by Crippen LogP contribution is -2.26. The van der Waals surface area contributed by atoms with Crippen LogP contribution in [0.2, 0.25) is 0 Å². The first-order valence-electron chi connectivity index (χ1n) is 9.46. The fraction of sp³-hybridized carbons (Fsp3) is 0.208. The molecule has 1 amide bonds. The molecule has 3 nitrogen and oxygen atoms in total. The van der Waals surface area contributed by atoms with Crippen molar-refractivity contribution in [2.75, 3.05) is 6.61 Å². The molecule has 3 rings (SSSR count). The molecule has 0 aliphatic carbocycles. The van der Waals surface area contributed by atoms with Gasteiger partial charge in [0.05, 0.1) is 12.6 Å². The smallest absolute Gasteiger partial charge is 0.251 e. The SMILES string of the molecule is CCOc1ccc(C(=O)NC(C)c2ccccc2)cc1CSc1ccccc1. The Labute approximate surface area is 171 Å². The third-order valence-electron chi connectivity index (χ3n) is 4.41. The maximum Gasteiger partial charge on any atom is 0.251 e. The van der Waals surface area contributed by atoms with E-state index in [1.165, 1.54) is 4.90 Å². The molecule has 0 fully saturated rings. The molecule has 1 atom stereocenters. The van der Waals surface area contributed by atoms with Crippen LogP contribution in [0.5, 0.6) is 5.75 Å². The van der Waals surface area contributed by atoms with Gasteiger partial charge in [0.25, 0.3) is 5.91 Å². The molecule has 1 unspecified atom stereocenters. The Bertz CT molecular complexity index is 897. The highest BCUT2D eigenvalue weighted by Crippen LogP contribution is 2.29. The van der Waals surface area contributed by atoms with Gasteiger partial charge in [0.2, 0.25) is 0 Å². The van der Waals surface area contributed by atoms with Crippen molar-refractivity contribution in [3.63, 3.8) is 0 Å². The second kappa shape index (κ2) is 10.00. The van der Waals surface area contributed by atoms with Crippen molar-refractivity contribution in [3.05, 3.63) is 95.6 Å². The van der Waals surface area contributed by atoms with Crippen molar-refractivity contribution < 1.29 is 9.53 Å². The van der Waals surface area contributed by atoms with Gasteiger partial charge in [-0.2, -0.15) is 0 Å².